The molecule has 0 saturated carbocycles. The van der Waals surface area contributed by atoms with Crippen molar-refractivity contribution in [1.82, 2.24) is 5.32 Å². The number of benzene rings is 1. The molecule has 0 aliphatic heterocycles. The van der Waals surface area contributed by atoms with Crippen molar-refractivity contribution >= 4 is 34.7 Å². The third kappa shape index (κ3) is 3.47. The van der Waals surface area contributed by atoms with Crippen LogP contribution in [0.3, 0.4) is 0 Å². The monoisotopic (exact) mass is 256 g/mol. The van der Waals surface area contributed by atoms with E-state index in [1.807, 2.05) is 6.92 Å². The molecule has 86 valence electrons. The van der Waals surface area contributed by atoms with Gasteiger partial charge in [0.1, 0.15) is 0 Å². The Morgan fingerprint density at radius 1 is 1.56 bits per heavy atom. The Bertz CT molecular complexity index is 409. The van der Waals surface area contributed by atoms with Crippen LogP contribution < -0.4 is 11.1 Å². The number of rotatable bonds is 4. The summed E-state index contributed by atoms with van der Waals surface area (Å²) in [5.41, 5.74) is 5.90. The van der Waals surface area contributed by atoms with Crippen LogP contribution in [0.15, 0.2) is 24.3 Å². The van der Waals surface area contributed by atoms with Gasteiger partial charge in [-0.2, -0.15) is 0 Å². The van der Waals surface area contributed by atoms with Gasteiger partial charge in [0.15, 0.2) is 0 Å². The van der Waals surface area contributed by atoms with Gasteiger partial charge >= 0.3 is 0 Å². The van der Waals surface area contributed by atoms with E-state index in [9.17, 15) is 4.79 Å². The minimum Gasteiger partial charge on any atom is -0.393 e. The number of carbonyl (C=O) groups excluding carboxylic acids is 1. The van der Waals surface area contributed by atoms with E-state index in [2.05, 4.69) is 5.32 Å². The Labute approximate surface area is 105 Å². The Morgan fingerprint density at radius 2 is 2.19 bits per heavy atom. The summed E-state index contributed by atoms with van der Waals surface area (Å²) in [5.74, 6) is -0.241. The molecular weight excluding hydrogens is 244 g/mol. The van der Waals surface area contributed by atoms with Gasteiger partial charge in [0.05, 0.1) is 15.6 Å². The van der Waals surface area contributed by atoms with Gasteiger partial charge in [0.2, 0.25) is 0 Å². The predicted molar refractivity (Wildman–Crippen MR) is 69.7 cm³/mol. The number of thiocarbonyl (C=S) groups is 1. The van der Waals surface area contributed by atoms with Crippen molar-refractivity contribution in [2.75, 3.05) is 6.54 Å². The summed E-state index contributed by atoms with van der Waals surface area (Å²) >= 11 is 10.7. The van der Waals surface area contributed by atoms with Crippen LogP contribution in [0.4, 0.5) is 0 Å². The fourth-order valence-electron chi connectivity index (χ4n) is 1.09. The van der Waals surface area contributed by atoms with Crippen molar-refractivity contribution in [2.24, 2.45) is 11.7 Å². The van der Waals surface area contributed by atoms with Crippen LogP contribution in [0.5, 0.6) is 0 Å². The number of hydrogen-bond donors (Lipinski definition) is 2. The number of hydrogen-bond acceptors (Lipinski definition) is 2. The van der Waals surface area contributed by atoms with E-state index in [-0.39, 0.29) is 11.8 Å². The second-order valence-electron chi connectivity index (χ2n) is 3.49. The van der Waals surface area contributed by atoms with Crippen molar-refractivity contribution in [3.05, 3.63) is 34.9 Å². The lowest BCUT2D eigenvalue weighted by Gasteiger charge is -2.11. The van der Waals surface area contributed by atoms with Crippen LogP contribution in [0.2, 0.25) is 5.02 Å². The standard InChI is InChI=1S/C11H13ClN2OS/c1-7(10(13)16)6-14-11(15)8-4-2-3-5-9(8)12/h2-5,7H,6H2,1H3,(H2,13,16)(H,14,15). The zero-order valence-electron chi connectivity index (χ0n) is 8.87. The summed E-state index contributed by atoms with van der Waals surface area (Å²) in [6, 6.07) is 6.88. The average molecular weight is 257 g/mol. The Morgan fingerprint density at radius 3 is 2.75 bits per heavy atom. The summed E-state index contributed by atoms with van der Waals surface area (Å²) in [6.07, 6.45) is 0. The van der Waals surface area contributed by atoms with Gasteiger partial charge in [-0.05, 0) is 12.1 Å². The second-order valence-corrected chi connectivity index (χ2v) is 4.37. The van der Waals surface area contributed by atoms with E-state index >= 15 is 0 Å². The fourth-order valence-corrected chi connectivity index (χ4v) is 1.39. The Kier molecular flexibility index (Phi) is 4.71. The van der Waals surface area contributed by atoms with Crippen LogP contribution >= 0.6 is 23.8 Å². The van der Waals surface area contributed by atoms with Crippen LogP contribution in [0.25, 0.3) is 0 Å². The highest BCUT2D eigenvalue weighted by Gasteiger charge is 2.11. The maximum atomic E-state index is 11.7. The zero-order valence-corrected chi connectivity index (χ0v) is 10.4. The molecule has 0 aliphatic carbocycles. The Hall–Kier alpha value is -1.13. The molecule has 0 aliphatic rings. The molecule has 0 radical (unpaired) electrons. The van der Waals surface area contributed by atoms with E-state index < -0.39 is 0 Å². The number of halogens is 1. The number of nitrogens with one attached hydrogen (secondary N) is 1. The highest BCUT2D eigenvalue weighted by molar-refractivity contribution is 7.80. The van der Waals surface area contributed by atoms with E-state index in [0.29, 0.717) is 22.1 Å². The highest BCUT2D eigenvalue weighted by Crippen LogP contribution is 2.14. The van der Waals surface area contributed by atoms with Gasteiger partial charge < -0.3 is 11.1 Å². The first-order valence-electron chi connectivity index (χ1n) is 4.84. The smallest absolute Gasteiger partial charge is 0.252 e. The quantitative estimate of drug-likeness (QED) is 0.810. The predicted octanol–water partition coefficient (Wildman–Crippen LogP) is 1.99. The van der Waals surface area contributed by atoms with Crippen molar-refractivity contribution in [2.45, 2.75) is 6.92 Å². The number of nitrogens with two attached hydrogens (primary N) is 1. The first-order chi connectivity index (χ1) is 7.52. The van der Waals surface area contributed by atoms with E-state index in [0.717, 1.165) is 0 Å². The molecule has 1 unspecified atom stereocenters. The molecule has 3 nitrogen and oxygen atoms in total. The summed E-state index contributed by atoms with van der Waals surface area (Å²) in [4.78, 5) is 12.1. The first kappa shape index (κ1) is 12.9. The summed E-state index contributed by atoms with van der Waals surface area (Å²) in [5, 5.41) is 3.16. The van der Waals surface area contributed by atoms with Crippen LogP contribution in [0, 0.1) is 5.92 Å². The molecule has 5 heteroatoms. The summed E-state index contributed by atoms with van der Waals surface area (Å²) < 4.78 is 0. The van der Waals surface area contributed by atoms with Crippen molar-refractivity contribution in [3.8, 4) is 0 Å². The normalized spacial score (nSPS) is 11.9. The van der Waals surface area contributed by atoms with Crippen molar-refractivity contribution < 1.29 is 4.79 Å². The molecular formula is C11H13ClN2OS. The number of carbonyl (C=O) groups is 1. The minimum absolute atomic E-state index is 0.0264. The lowest BCUT2D eigenvalue weighted by molar-refractivity contribution is 0.0951. The Balaban J connectivity index is 2.60. The molecule has 3 N–H and O–H groups in total. The molecule has 1 amide bonds. The second kappa shape index (κ2) is 5.82. The molecule has 1 aromatic carbocycles. The summed E-state index contributed by atoms with van der Waals surface area (Å²) in [6.45, 7) is 2.27. The third-order valence-corrected chi connectivity index (χ3v) is 2.90. The molecule has 1 atom stereocenters. The molecule has 1 rings (SSSR count). The summed E-state index contributed by atoms with van der Waals surface area (Å²) in [7, 11) is 0. The molecule has 16 heavy (non-hydrogen) atoms. The van der Waals surface area contributed by atoms with Gasteiger partial charge in [-0.3, -0.25) is 4.79 Å². The molecule has 1 aromatic rings. The van der Waals surface area contributed by atoms with Gasteiger partial charge in [0.25, 0.3) is 5.91 Å². The van der Waals surface area contributed by atoms with Crippen LogP contribution in [-0.2, 0) is 0 Å². The average Bonchev–Trinajstić information content (AvgIpc) is 2.25. The number of amides is 1. The zero-order chi connectivity index (χ0) is 12.1. The maximum absolute atomic E-state index is 11.7. The third-order valence-electron chi connectivity index (χ3n) is 2.17. The van der Waals surface area contributed by atoms with Gasteiger partial charge in [-0.1, -0.05) is 42.9 Å². The van der Waals surface area contributed by atoms with E-state index in [1.54, 1.807) is 24.3 Å². The molecule has 0 spiro atoms. The van der Waals surface area contributed by atoms with Crippen molar-refractivity contribution in [1.29, 1.82) is 0 Å². The maximum Gasteiger partial charge on any atom is 0.252 e. The SMILES string of the molecule is CC(CNC(=O)c1ccccc1Cl)C(N)=S. The molecule has 0 aromatic heterocycles. The highest BCUT2D eigenvalue weighted by atomic mass is 35.5. The largest absolute Gasteiger partial charge is 0.393 e. The van der Waals surface area contributed by atoms with Gasteiger partial charge in [-0.25, -0.2) is 0 Å². The topological polar surface area (TPSA) is 55.1 Å². The van der Waals surface area contributed by atoms with E-state index in [4.69, 9.17) is 29.6 Å². The first-order valence-corrected chi connectivity index (χ1v) is 5.63. The van der Waals surface area contributed by atoms with Crippen LogP contribution in [0.1, 0.15) is 17.3 Å². The van der Waals surface area contributed by atoms with Crippen molar-refractivity contribution in [3.63, 3.8) is 0 Å². The molecule has 0 fully saturated rings. The lowest BCUT2D eigenvalue weighted by Crippen LogP contribution is -2.33. The van der Waals surface area contributed by atoms with E-state index in [1.165, 1.54) is 0 Å². The minimum atomic E-state index is -0.214. The molecule has 0 saturated heterocycles. The van der Waals surface area contributed by atoms with Gasteiger partial charge in [-0.15, -0.1) is 0 Å². The molecule has 0 heterocycles. The molecule has 0 bridgehead atoms. The lowest BCUT2D eigenvalue weighted by atomic mass is 10.1. The van der Waals surface area contributed by atoms with Gasteiger partial charge in [0, 0.05) is 12.5 Å². The van der Waals surface area contributed by atoms with Crippen LogP contribution in [-0.4, -0.2) is 17.4 Å². The fraction of sp³-hybridized carbons (Fsp3) is 0.273.